The van der Waals surface area contributed by atoms with Gasteiger partial charge >= 0.3 is 0 Å². The Morgan fingerprint density at radius 3 is 2.57 bits per heavy atom. The number of aromatic nitrogens is 3. The largest absolute Gasteiger partial charge is 0.313 e. The fourth-order valence-electron chi connectivity index (χ4n) is 3.60. The van der Waals surface area contributed by atoms with Crippen molar-refractivity contribution in [1.29, 1.82) is 0 Å². The van der Waals surface area contributed by atoms with Gasteiger partial charge in [-0.2, -0.15) is 0 Å². The van der Waals surface area contributed by atoms with Gasteiger partial charge in [0.25, 0.3) is 11.1 Å². The molecular weight excluding hydrogens is 407 g/mol. The molecule has 154 valence electrons. The van der Waals surface area contributed by atoms with Gasteiger partial charge in [0.15, 0.2) is 0 Å². The SMILES string of the molecule is CN(Cc1cccc(F)c1)Cc1c2c(=O)n(-c3ccccc3Cl)[nH]c2cc(=O)n1C. The molecule has 0 amide bonds. The van der Waals surface area contributed by atoms with E-state index in [1.807, 2.05) is 18.0 Å². The van der Waals surface area contributed by atoms with Crippen LogP contribution in [0.2, 0.25) is 5.02 Å². The van der Waals surface area contributed by atoms with Gasteiger partial charge in [-0.1, -0.05) is 35.9 Å². The first-order valence-electron chi connectivity index (χ1n) is 9.36. The van der Waals surface area contributed by atoms with Crippen LogP contribution < -0.4 is 11.1 Å². The van der Waals surface area contributed by atoms with Crippen LogP contribution in [0.4, 0.5) is 4.39 Å². The standard InChI is InChI=1S/C22H20ClFN4O2/c1-26(12-14-6-5-7-15(24)10-14)13-19-21-17(11-20(29)27(19)2)25-28(22(21)30)18-9-4-3-8-16(18)23/h3-11,25H,12-13H2,1-2H3. The molecule has 0 atom stereocenters. The molecule has 2 aromatic carbocycles. The maximum Gasteiger partial charge on any atom is 0.280 e. The normalized spacial score (nSPS) is 11.5. The second-order valence-electron chi connectivity index (χ2n) is 7.28. The molecule has 4 rings (SSSR count). The second kappa shape index (κ2) is 7.93. The smallest absolute Gasteiger partial charge is 0.280 e. The van der Waals surface area contributed by atoms with Crippen LogP contribution in [0.1, 0.15) is 11.3 Å². The average Bonchev–Trinajstić information content (AvgIpc) is 3.01. The summed E-state index contributed by atoms with van der Waals surface area (Å²) in [6.07, 6.45) is 0. The Bertz CT molecular complexity index is 1360. The van der Waals surface area contributed by atoms with Crippen molar-refractivity contribution in [2.24, 2.45) is 7.05 Å². The Labute approximate surface area is 176 Å². The summed E-state index contributed by atoms with van der Waals surface area (Å²) in [7, 11) is 3.49. The summed E-state index contributed by atoms with van der Waals surface area (Å²) in [4.78, 5) is 27.7. The third-order valence-corrected chi connectivity index (χ3v) is 5.38. The van der Waals surface area contributed by atoms with Gasteiger partial charge < -0.3 is 4.57 Å². The number of para-hydroxylation sites is 1. The summed E-state index contributed by atoms with van der Waals surface area (Å²) >= 11 is 6.26. The highest BCUT2D eigenvalue weighted by molar-refractivity contribution is 6.32. The molecule has 6 nitrogen and oxygen atoms in total. The highest BCUT2D eigenvalue weighted by atomic mass is 35.5. The first-order valence-corrected chi connectivity index (χ1v) is 9.74. The molecule has 0 unspecified atom stereocenters. The van der Waals surface area contributed by atoms with Crippen LogP contribution >= 0.6 is 11.6 Å². The molecule has 2 heterocycles. The van der Waals surface area contributed by atoms with Gasteiger partial charge in [0.05, 0.1) is 21.6 Å². The van der Waals surface area contributed by atoms with E-state index in [4.69, 9.17) is 11.6 Å². The van der Waals surface area contributed by atoms with Crippen molar-refractivity contribution in [2.45, 2.75) is 13.1 Å². The van der Waals surface area contributed by atoms with Gasteiger partial charge in [-0.15, -0.1) is 0 Å². The molecule has 0 saturated heterocycles. The molecule has 30 heavy (non-hydrogen) atoms. The van der Waals surface area contributed by atoms with E-state index < -0.39 is 0 Å². The molecule has 0 spiro atoms. The Kier molecular flexibility index (Phi) is 5.32. The van der Waals surface area contributed by atoms with Gasteiger partial charge in [0.2, 0.25) is 0 Å². The molecule has 8 heteroatoms. The first-order chi connectivity index (χ1) is 14.3. The molecule has 0 aliphatic heterocycles. The minimum absolute atomic E-state index is 0.232. The summed E-state index contributed by atoms with van der Waals surface area (Å²) < 4.78 is 16.3. The predicted octanol–water partition coefficient (Wildman–Crippen LogP) is 3.44. The van der Waals surface area contributed by atoms with Crippen LogP contribution in [-0.4, -0.2) is 26.3 Å². The van der Waals surface area contributed by atoms with Crippen LogP contribution in [0.3, 0.4) is 0 Å². The molecule has 0 aliphatic rings. The number of aromatic amines is 1. The Hall–Kier alpha value is -3.16. The summed E-state index contributed by atoms with van der Waals surface area (Å²) in [5.74, 6) is -0.302. The zero-order valence-electron chi connectivity index (χ0n) is 16.5. The summed E-state index contributed by atoms with van der Waals surface area (Å²) in [5, 5.41) is 3.84. The third-order valence-electron chi connectivity index (χ3n) is 5.06. The second-order valence-corrected chi connectivity index (χ2v) is 7.69. The maximum atomic E-state index is 13.5. The van der Waals surface area contributed by atoms with E-state index in [0.717, 1.165) is 5.56 Å². The van der Waals surface area contributed by atoms with Crippen LogP contribution in [-0.2, 0) is 20.1 Å². The summed E-state index contributed by atoms with van der Waals surface area (Å²) in [6, 6.07) is 14.7. The molecule has 0 saturated carbocycles. The number of nitrogens with zero attached hydrogens (tertiary/aromatic N) is 3. The lowest BCUT2D eigenvalue weighted by atomic mass is 10.2. The molecule has 0 fully saturated rings. The number of rotatable bonds is 5. The summed E-state index contributed by atoms with van der Waals surface area (Å²) in [5.41, 5.74) is 1.81. The topological polar surface area (TPSA) is 63.0 Å². The fraction of sp³-hybridized carbons (Fsp3) is 0.182. The molecule has 1 N–H and O–H groups in total. The molecule has 0 radical (unpaired) electrons. The number of halogens is 2. The molecule has 0 aliphatic carbocycles. The average molecular weight is 427 g/mol. The Morgan fingerprint density at radius 1 is 1.07 bits per heavy atom. The lowest BCUT2D eigenvalue weighted by Crippen LogP contribution is -2.27. The van der Waals surface area contributed by atoms with Gasteiger partial charge in [0, 0.05) is 31.9 Å². The van der Waals surface area contributed by atoms with Crippen molar-refractivity contribution in [3.63, 3.8) is 0 Å². The van der Waals surface area contributed by atoms with Crippen LogP contribution in [0.15, 0.2) is 64.2 Å². The number of benzene rings is 2. The molecule has 2 aromatic heterocycles. The fourth-order valence-corrected chi connectivity index (χ4v) is 3.83. The van der Waals surface area contributed by atoms with Crippen LogP contribution in [0.25, 0.3) is 16.6 Å². The highest BCUT2D eigenvalue weighted by Crippen LogP contribution is 2.21. The van der Waals surface area contributed by atoms with E-state index in [0.29, 0.717) is 40.4 Å². The Morgan fingerprint density at radius 2 is 1.83 bits per heavy atom. The van der Waals surface area contributed by atoms with Crippen molar-refractivity contribution in [3.05, 3.63) is 97.4 Å². The lowest BCUT2D eigenvalue weighted by Gasteiger charge is -2.19. The monoisotopic (exact) mass is 426 g/mol. The Balaban J connectivity index is 1.79. The first kappa shape index (κ1) is 20.1. The number of H-pyrrole nitrogens is 1. The van der Waals surface area contributed by atoms with Crippen LogP contribution in [0.5, 0.6) is 0 Å². The predicted molar refractivity (Wildman–Crippen MR) is 116 cm³/mol. The van der Waals surface area contributed by atoms with Crippen molar-refractivity contribution in [2.75, 3.05) is 7.05 Å². The number of hydrogen-bond acceptors (Lipinski definition) is 3. The highest BCUT2D eigenvalue weighted by Gasteiger charge is 2.18. The van der Waals surface area contributed by atoms with Crippen molar-refractivity contribution in [3.8, 4) is 5.69 Å². The van der Waals surface area contributed by atoms with E-state index in [1.54, 1.807) is 37.4 Å². The molecule has 0 bridgehead atoms. The number of pyridine rings is 1. The maximum absolute atomic E-state index is 13.5. The van der Waals surface area contributed by atoms with Gasteiger partial charge in [0.1, 0.15) is 5.82 Å². The number of hydrogen-bond donors (Lipinski definition) is 1. The van der Waals surface area contributed by atoms with E-state index in [-0.39, 0.29) is 16.9 Å². The van der Waals surface area contributed by atoms with Crippen LogP contribution in [0, 0.1) is 5.82 Å². The van der Waals surface area contributed by atoms with Gasteiger partial charge in [-0.3, -0.25) is 19.6 Å². The third kappa shape index (κ3) is 3.69. The van der Waals surface area contributed by atoms with E-state index in [1.165, 1.54) is 27.4 Å². The number of fused-ring (bicyclic) bond motifs is 1. The molecular formula is C22H20ClFN4O2. The lowest BCUT2D eigenvalue weighted by molar-refractivity contribution is 0.311. The van der Waals surface area contributed by atoms with Crippen molar-refractivity contribution in [1.82, 2.24) is 19.2 Å². The van der Waals surface area contributed by atoms with Crippen molar-refractivity contribution < 1.29 is 4.39 Å². The summed E-state index contributed by atoms with van der Waals surface area (Å²) in [6.45, 7) is 0.792. The molecule has 4 aromatic rings. The van der Waals surface area contributed by atoms with Gasteiger partial charge in [-0.05, 0) is 36.9 Å². The van der Waals surface area contributed by atoms with E-state index in [9.17, 15) is 14.0 Å². The number of nitrogens with one attached hydrogen (secondary N) is 1. The minimum atomic E-state index is -0.302. The quantitative estimate of drug-likeness (QED) is 0.531. The zero-order valence-corrected chi connectivity index (χ0v) is 17.3. The minimum Gasteiger partial charge on any atom is -0.313 e. The van der Waals surface area contributed by atoms with E-state index >= 15 is 0 Å². The van der Waals surface area contributed by atoms with E-state index in [2.05, 4.69) is 5.10 Å². The zero-order chi connectivity index (χ0) is 21.4. The van der Waals surface area contributed by atoms with Gasteiger partial charge in [-0.25, -0.2) is 9.07 Å². The van der Waals surface area contributed by atoms with Crippen molar-refractivity contribution >= 4 is 22.5 Å².